The fourth-order valence-corrected chi connectivity index (χ4v) is 1.18. The van der Waals surface area contributed by atoms with Crippen molar-refractivity contribution >= 4 is 11.9 Å². The summed E-state index contributed by atoms with van der Waals surface area (Å²) in [6.07, 6.45) is 0. The first-order valence-corrected chi connectivity index (χ1v) is 5.69. The van der Waals surface area contributed by atoms with Gasteiger partial charge < -0.3 is 9.64 Å². The van der Waals surface area contributed by atoms with Crippen LogP contribution in [0.25, 0.3) is 0 Å². The van der Waals surface area contributed by atoms with Crippen molar-refractivity contribution in [2.75, 3.05) is 40.3 Å². The number of rotatable bonds is 7. The van der Waals surface area contributed by atoms with E-state index < -0.39 is 5.97 Å². The van der Waals surface area contributed by atoms with E-state index in [9.17, 15) is 9.59 Å². The van der Waals surface area contributed by atoms with Gasteiger partial charge in [0.05, 0.1) is 13.2 Å². The molecule has 0 aromatic heterocycles. The van der Waals surface area contributed by atoms with Gasteiger partial charge in [-0.1, -0.05) is 13.5 Å². The average molecular weight is 242 g/mol. The Labute approximate surface area is 103 Å². The average Bonchev–Trinajstić information content (AvgIpc) is 2.27. The lowest BCUT2D eigenvalue weighted by Gasteiger charge is -2.22. The topological polar surface area (TPSA) is 49.9 Å². The van der Waals surface area contributed by atoms with Crippen LogP contribution in [0.2, 0.25) is 0 Å². The molecule has 0 bridgehead atoms. The summed E-state index contributed by atoms with van der Waals surface area (Å²) in [6.45, 7) is 9.00. The highest BCUT2D eigenvalue weighted by molar-refractivity contribution is 5.88. The van der Waals surface area contributed by atoms with Crippen LogP contribution in [0.3, 0.4) is 0 Å². The molecular weight excluding hydrogens is 220 g/mol. The first-order chi connectivity index (χ1) is 7.92. The molecule has 0 heterocycles. The summed E-state index contributed by atoms with van der Waals surface area (Å²) in [5, 5.41) is 0. The fourth-order valence-electron chi connectivity index (χ4n) is 1.18. The highest BCUT2D eigenvalue weighted by Gasteiger charge is 2.15. The largest absolute Gasteiger partial charge is 0.463 e. The summed E-state index contributed by atoms with van der Waals surface area (Å²) in [5.74, 6) is -0.397. The number of carbonyl (C=O) groups excluding carboxylic acids is 2. The summed E-state index contributed by atoms with van der Waals surface area (Å²) in [4.78, 5) is 26.3. The Morgan fingerprint density at radius 3 is 2.18 bits per heavy atom. The molecule has 0 radical (unpaired) electrons. The summed E-state index contributed by atoms with van der Waals surface area (Å²) >= 11 is 0. The van der Waals surface area contributed by atoms with Crippen molar-refractivity contribution in [3.63, 3.8) is 0 Å². The van der Waals surface area contributed by atoms with Gasteiger partial charge in [0.2, 0.25) is 5.91 Å². The lowest BCUT2D eigenvalue weighted by molar-refractivity contribution is -0.139. The predicted molar refractivity (Wildman–Crippen MR) is 66.6 cm³/mol. The van der Waals surface area contributed by atoms with Crippen LogP contribution in [0.4, 0.5) is 0 Å². The molecule has 5 heteroatoms. The Kier molecular flexibility index (Phi) is 7.21. The zero-order valence-electron chi connectivity index (χ0n) is 11.2. The van der Waals surface area contributed by atoms with Gasteiger partial charge >= 0.3 is 5.97 Å². The van der Waals surface area contributed by atoms with Crippen molar-refractivity contribution in [1.29, 1.82) is 0 Å². The molecule has 0 unspecified atom stereocenters. The number of hydrogen-bond acceptors (Lipinski definition) is 4. The molecule has 0 aromatic rings. The molecule has 0 aliphatic heterocycles. The molecule has 0 aliphatic carbocycles. The number of nitrogens with zero attached hydrogens (tertiary/aromatic N) is 2. The molecule has 17 heavy (non-hydrogen) atoms. The maximum Gasteiger partial charge on any atom is 0.334 e. The molecule has 0 aliphatic rings. The maximum atomic E-state index is 11.5. The normalized spacial score (nSPS) is 10.2. The molecule has 0 fully saturated rings. The molecule has 0 spiro atoms. The van der Waals surface area contributed by atoms with Gasteiger partial charge in [0, 0.05) is 26.2 Å². The zero-order chi connectivity index (χ0) is 13.4. The molecule has 1 amide bonds. The summed E-state index contributed by atoms with van der Waals surface area (Å²) in [5.41, 5.74) is 0.375. The number of ether oxygens (including phenoxy) is 1. The lowest BCUT2D eigenvalue weighted by atomic mass is 10.2. The van der Waals surface area contributed by atoms with Gasteiger partial charge in [-0.15, -0.1) is 0 Å². The monoisotopic (exact) mass is 242 g/mol. The zero-order valence-corrected chi connectivity index (χ0v) is 11.2. The summed E-state index contributed by atoms with van der Waals surface area (Å²) < 4.78 is 4.84. The van der Waals surface area contributed by atoms with Crippen molar-refractivity contribution in [2.24, 2.45) is 0 Å². The number of hydrogen-bond donors (Lipinski definition) is 0. The van der Waals surface area contributed by atoms with Gasteiger partial charge in [0.25, 0.3) is 0 Å². The van der Waals surface area contributed by atoms with Gasteiger partial charge in [-0.25, -0.2) is 4.79 Å². The lowest BCUT2D eigenvalue weighted by Crippen LogP contribution is -2.38. The van der Waals surface area contributed by atoms with E-state index in [-0.39, 0.29) is 12.5 Å². The van der Waals surface area contributed by atoms with Crippen LogP contribution >= 0.6 is 0 Å². The Bertz CT molecular complexity index is 287. The minimum atomic E-state index is -0.400. The van der Waals surface area contributed by atoms with Crippen LogP contribution in [0.15, 0.2) is 12.2 Å². The van der Waals surface area contributed by atoms with E-state index in [4.69, 9.17) is 4.74 Å². The van der Waals surface area contributed by atoms with Gasteiger partial charge in [0.1, 0.15) is 0 Å². The van der Waals surface area contributed by atoms with Crippen molar-refractivity contribution in [3.05, 3.63) is 12.2 Å². The van der Waals surface area contributed by atoms with Crippen LogP contribution in [0, 0.1) is 0 Å². The number of amides is 1. The van der Waals surface area contributed by atoms with E-state index in [1.165, 1.54) is 4.90 Å². The summed E-state index contributed by atoms with van der Waals surface area (Å²) in [6, 6.07) is 0. The highest BCUT2D eigenvalue weighted by atomic mass is 16.5. The highest BCUT2D eigenvalue weighted by Crippen LogP contribution is 2.00. The van der Waals surface area contributed by atoms with Gasteiger partial charge in [0.15, 0.2) is 0 Å². The number of likely N-dealkylation sites (N-methyl/N-ethyl adjacent to an activating group) is 2. The van der Waals surface area contributed by atoms with Crippen LogP contribution in [0.5, 0.6) is 0 Å². The third kappa shape index (κ3) is 6.06. The first kappa shape index (κ1) is 15.6. The predicted octanol–water partition coefficient (Wildman–Crippen LogP) is 0.516. The van der Waals surface area contributed by atoms with Crippen LogP contribution in [-0.4, -0.2) is 62.0 Å². The SMILES string of the molecule is C=C(CN(CC)CC(=O)N(C)C)C(=O)OCC. The molecule has 0 saturated carbocycles. The Morgan fingerprint density at radius 2 is 1.76 bits per heavy atom. The first-order valence-electron chi connectivity index (χ1n) is 5.69. The van der Waals surface area contributed by atoms with Crippen molar-refractivity contribution in [1.82, 2.24) is 9.80 Å². The van der Waals surface area contributed by atoms with Crippen LogP contribution < -0.4 is 0 Å². The third-order valence-corrected chi connectivity index (χ3v) is 2.28. The molecule has 5 nitrogen and oxygen atoms in total. The van der Waals surface area contributed by atoms with E-state index >= 15 is 0 Å². The second-order valence-electron chi connectivity index (χ2n) is 3.92. The number of carbonyl (C=O) groups is 2. The second kappa shape index (κ2) is 7.84. The van der Waals surface area contributed by atoms with Crippen LogP contribution in [-0.2, 0) is 14.3 Å². The van der Waals surface area contributed by atoms with Gasteiger partial charge in [-0.2, -0.15) is 0 Å². The van der Waals surface area contributed by atoms with E-state index in [0.717, 1.165) is 0 Å². The molecule has 0 atom stereocenters. The number of esters is 1. The van der Waals surface area contributed by atoms with Crippen molar-refractivity contribution in [2.45, 2.75) is 13.8 Å². The van der Waals surface area contributed by atoms with E-state index in [1.54, 1.807) is 21.0 Å². The molecular formula is C12H22N2O3. The fraction of sp³-hybridized carbons (Fsp3) is 0.667. The van der Waals surface area contributed by atoms with E-state index in [0.29, 0.717) is 25.3 Å². The van der Waals surface area contributed by atoms with Crippen LogP contribution in [0.1, 0.15) is 13.8 Å². The maximum absolute atomic E-state index is 11.5. The molecule has 0 N–H and O–H groups in total. The van der Waals surface area contributed by atoms with E-state index in [1.807, 2.05) is 11.8 Å². The third-order valence-electron chi connectivity index (χ3n) is 2.28. The van der Waals surface area contributed by atoms with E-state index in [2.05, 4.69) is 6.58 Å². The Morgan fingerprint density at radius 1 is 1.18 bits per heavy atom. The minimum Gasteiger partial charge on any atom is -0.463 e. The molecule has 0 saturated heterocycles. The van der Waals surface area contributed by atoms with Crippen molar-refractivity contribution < 1.29 is 14.3 Å². The molecule has 0 aromatic carbocycles. The smallest absolute Gasteiger partial charge is 0.334 e. The molecule has 98 valence electrons. The standard InChI is InChI=1S/C12H22N2O3/c1-6-14(9-11(15)13(4)5)8-10(3)12(16)17-7-2/h3,6-9H2,1-2,4-5H3. The Hall–Kier alpha value is -1.36. The Balaban J connectivity index is 4.26. The summed E-state index contributed by atoms with van der Waals surface area (Å²) in [7, 11) is 3.41. The quantitative estimate of drug-likeness (QED) is 0.482. The van der Waals surface area contributed by atoms with Gasteiger partial charge in [-0.05, 0) is 13.5 Å². The minimum absolute atomic E-state index is 0.00325. The van der Waals surface area contributed by atoms with Crippen molar-refractivity contribution in [3.8, 4) is 0 Å². The van der Waals surface area contributed by atoms with Gasteiger partial charge in [-0.3, -0.25) is 9.69 Å². The second-order valence-corrected chi connectivity index (χ2v) is 3.92. The molecule has 0 rings (SSSR count).